The fourth-order valence-electron chi connectivity index (χ4n) is 7.22. The molecule has 196 valence electrons. The zero-order valence-corrected chi connectivity index (χ0v) is 22.7. The van der Waals surface area contributed by atoms with E-state index in [-0.39, 0.29) is 42.3 Å². The van der Waals surface area contributed by atoms with Crippen LogP contribution < -0.4 is 0 Å². The number of alkyl halides is 1. The first-order valence-corrected chi connectivity index (χ1v) is 12.9. The van der Waals surface area contributed by atoms with Gasteiger partial charge in [0, 0.05) is 38.5 Å². The highest BCUT2D eigenvalue weighted by atomic mass is 79.9. The number of carbonyl (C=O) groups is 5. The fraction of sp³-hybridized carbons (Fsp3) is 0.800. The van der Waals surface area contributed by atoms with Gasteiger partial charge in [0.2, 0.25) is 0 Å². The van der Waals surface area contributed by atoms with Crippen LogP contribution in [-0.2, 0) is 42.9 Å². The van der Waals surface area contributed by atoms with Crippen LogP contribution in [0.4, 0.5) is 0 Å². The summed E-state index contributed by atoms with van der Waals surface area (Å²) >= 11 is 3.66. The summed E-state index contributed by atoms with van der Waals surface area (Å²) in [6.45, 7) is 7.82. The maximum atomic E-state index is 13.1. The van der Waals surface area contributed by atoms with Crippen LogP contribution in [0.1, 0.15) is 66.7 Å². The topological polar surface area (TPSA) is 122 Å². The van der Waals surface area contributed by atoms with Gasteiger partial charge in [-0.3, -0.25) is 24.0 Å². The Morgan fingerprint density at radius 1 is 0.886 bits per heavy atom. The summed E-state index contributed by atoms with van der Waals surface area (Å²) in [6, 6.07) is 0. The number of carbonyl (C=O) groups excluding carboxylic acids is 5. The summed E-state index contributed by atoms with van der Waals surface area (Å²) in [5, 5.41) is 0. The Kier molecular flexibility index (Phi) is 8.04. The number of Topliss-reactive ketones (excluding diaryl/α,β-unsaturated/α-hetero) is 1. The van der Waals surface area contributed by atoms with Crippen molar-refractivity contribution in [2.75, 3.05) is 7.11 Å². The predicted molar refractivity (Wildman–Crippen MR) is 126 cm³/mol. The maximum Gasteiger partial charge on any atom is 0.307 e. The van der Waals surface area contributed by atoms with E-state index in [2.05, 4.69) is 15.9 Å². The van der Waals surface area contributed by atoms with E-state index in [9.17, 15) is 24.0 Å². The monoisotopic (exact) mass is 558 g/mol. The molecule has 3 fully saturated rings. The number of rotatable bonds is 5. The van der Waals surface area contributed by atoms with Crippen molar-refractivity contribution < 1.29 is 42.9 Å². The Hall–Kier alpha value is -1.97. The Morgan fingerprint density at radius 2 is 1.43 bits per heavy atom. The summed E-state index contributed by atoms with van der Waals surface area (Å²) in [7, 11) is 1.29. The number of hydrogen-bond donors (Lipinski definition) is 0. The summed E-state index contributed by atoms with van der Waals surface area (Å²) in [6.07, 6.45) is -0.683. The smallest absolute Gasteiger partial charge is 0.307 e. The molecule has 0 aromatic rings. The average molecular weight is 559 g/mol. The van der Waals surface area contributed by atoms with Gasteiger partial charge in [0.1, 0.15) is 18.0 Å². The molecule has 3 rings (SSSR count). The van der Waals surface area contributed by atoms with Gasteiger partial charge in [0.05, 0.1) is 17.9 Å². The van der Waals surface area contributed by atoms with Gasteiger partial charge in [0.25, 0.3) is 0 Å². The van der Waals surface area contributed by atoms with Gasteiger partial charge in [0.15, 0.2) is 6.10 Å². The average Bonchev–Trinajstić information content (AvgIpc) is 2.75. The first-order valence-electron chi connectivity index (χ1n) is 12.1. The fourth-order valence-corrected chi connectivity index (χ4v) is 8.19. The standard InChI is InChI=1S/C25H35BrO9/c1-12-16-7-8-18-17(9-10-19(30)25(18,26)11-20(31)32-6)24(16,5)23(35-15(4)29)22(34-14(3)28)21(12)33-13(2)27/h12,16-18,21-23H,7-11H2,1-6H3/t12-,16-,17-,18+,21+,22+,23-,24-,25+/m0/s1. The van der Waals surface area contributed by atoms with Gasteiger partial charge in [-0.1, -0.05) is 29.8 Å². The van der Waals surface area contributed by atoms with Crippen LogP contribution in [0.15, 0.2) is 0 Å². The first-order chi connectivity index (χ1) is 16.3. The molecule has 0 saturated heterocycles. The number of ether oxygens (including phenoxy) is 4. The summed E-state index contributed by atoms with van der Waals surface area (Å²) in [5.74, 6) is -2.78. The van der Waals surface area contributed by atoms with Crippen LogP contribution in [0.5, 0.6) is 0 Å². The van der Waals surface area contributed by atoms with Crippen molar-refractivity contribution in [3.05, 3.63) is 0 Å². The van der Waals surface area contributed by atoms with Gasteiger partial charge < -0.3 is 18.9 Å². The molecule has 0 bridgehead atoms. The Balaban J connectivity index is 2.13. The predicted octanol–water partition coefficient (Wildman–Crippen LogP) is 3.14. The first kappa shape index (κ1) is 27.6. The van der Waals surface area contributed by atoms with Crippen LogP contribution in [0.2, 0.25) is 0 Å². The lowest BCUT2D eigenvalue weighted by molar-refractivity contribution is -0.253. The van der Waals surface area contributed by atoms with Crippen LogP contribution in [0, 0.1) is 29.1 Å². The van der Waals surface area contributed by atoms with E-state index in [4.69, 9.17) is 18.9 Å². The SMILES string of the molecule is COC(=O)C[C@]1(Br)C(=O)CC[C@H]2[C@H]1CC[C@H]1[C@H](C)[C@@H](OC(C)=O)[C@@H](OC(C)=O)[C@H](OC(C)=O)[C@@]12C. The molecule has 0 heterocycles. The largest absolute Gasteiger partial charge is 0.469 e. The summed E-state index contributed by atoms with van der Waals surface area (Å²) in [4.78, 5) is 61.8. The molecule has 3 aliphatic carbocycles. The third-order valence-electron chi connectivity index (χ3n) is 8.52. The van der Waals surface area contributed by atoms with Crippen molar-refractivity contribution in [1.82, 2.24) is 0 Å². The number of fused-ring (bicyclic) bond motifs is 3. The second-order valence-corrected chi connectivity index (χ2v) is 11.8. The molecule has 0 N–H and O–H groups in total. The van der Waals surface area contributed by atoms with Crippen molar-refractivity contribution in [3.63, 3.8) is 0 Å². The van der Waals surface area contributed by atoms with Crippen LogP contribution in [-0.4, -0.2) is 59.4 Å². The van der Waals surface area contributed by atoms with Gasteiger partial charge in [-0.15, -0.1) is 0 Å². The number of hydrogen-bond acceptors (Lipinski definition) is 9. The van der Waals surface area contributed by atoms with Crippen LogP contribution in [0.25, 0.3) is 0 Å². The highest BCUT2D eigenvalue weighted by molar-refractivity contribution is 9.10. The Bertz CT molecular complexity index is 903. The van der Waals surface area contributed by atoms with Crippen molar-refractivity contribution in [3.8, 4) is 0 Å². The Morgan fingerprint density at radius 3 is 1.97 bits per heavy atom. The van der Waals surface area contributed by atoms with E-state index in [0.717, 1.165) is 0 Å². The molecule has 10 heteroatoms. The molecule has 9 nitrogen and oxygen atoms in total. The summed E-state index contributed by atoms with van der Waals surface area (Å²) < 4.78 is 21.0. The van der Waals surface area contributed by atoms with Crippen molar-refractivity contribution >= 4 is 45.6 Å². The van der Waals surface area contributed by atoms with E-state index >= 15 is 0 Å². The molecule has 3 saturated carbocycles. The lowest BCUT2D eigenvalue weighted by atomic mass is 9.44. The molecule has 0 spiro atoms. The minimum absolute atomic E-state index is 0.0478. The highest BCUT2D eigenvalue weighted by Crippen LogP contribution is 2.64. The molecule has 0 aromatic carbocycles. The molecule has 0 unspecified atom stereocenters. The zero-order valence-electron chi connectivity index (χ0n) is 21.1. The number of methoxy groups -OCH3 is 1. The lowest BCUT2D eigenvalue weighted by Crippen LogP contribution is -2.69. The number of halogens is 1. The number of esters is 4. The molecule has 9 atom stereocenters. The van der Waals surface area contributed by atoms with Crippen LogP contribution >= 0.6 is 15.9 Å². The van der Waals surface area contributed by atoms with Crippen LogP contribution in [0.3, 0.4) is 0 Å². The van der Waals surface area contributed by atoms with E-state index in [0.29, 0.717) is 19.3 Å². The molecular formula is C25H35BrO9. The van der Waals surface area contributed by atoms with E-state index in [1.807, 2.05) is 13.8 Å². The van der Waals surface area contributed by atoms with E-state index < -0.39 is 51.9 Å². The molecule has 3 aliphatic rings. The van der Waals surface area contributed by atoms with Gasteiger partial charge in [-0.05, 0) is 37.0 Å². The molecule has 0 aromatic heterocycles. The van der Waals surface area contributed by atoms with Gasteiger partial charge in [-0.2, -0.15) is 0 Å². The molecule has 0 aliphatic heterocycles. The normalized spacial score (nSPS) is 40.5. The van der Waals surface area contributed by atoms with Gasteiger partial charge >= 0.3 is 23.9 Å². The third kappa shape index (κ3) is 4.87. The molecule has 0 radical (unpaired) electrons. The van der Waals surface area contributed by atoms with Crippen molar-refractivity contribution in [2.24, 2.45) is 29.1 Å². The summed E-state index contributed by atoms with van der Waals surface area (Å²) in [5.41, 5.74) is -0.708. The molecule has 0 amide bonds. The maximum absolute atomic E-state index is 13.1. The quantitative estimate of drug-likeness (QED) is 0.284. The minimum atomic E-state index is -1.09. The second-order valence-electron chi connectivity index (χ2n) is 10.4. The van der Waals surface area contributed by atoms with Crippen molar-refractivity contribution in [1.29, 1.82) is 0 Å². The van der Waals surface area contributed by atoms with Crippen molar-refractivity contribution in [2.45, 2.75) is 89.4 Å². The molecular weight excluding hydrogens is 524 g/mol. The Labute approximate surface area is 214 Å². The second kappa shape index (κ2) is 10.2. The minimum Gasteiger partial charge on any atom is -0.469 e. The van der Waals surface area contributed by atoms with E-state index in [1.165, 1.54) is 27.9 Å². The van der Waals surface area contributed by atoms with Gasteiger partial charge in [-0.25, -0.2) is 0 Å². The highest BCUT2D eigenvalue weighted by Gasteiger charge is 2.68. The lowest BCUT2D eigenvalue weighted by Gasteiger charge is -2.64. The van der Waals surface area contributed by atoms with E-state index in [1.54, 1.807) is 0 Å². The number of ketones is 1. The zero-order chi connectivity index (χ0) is 26.3. The third-order valence-corrected chi connectivity index (χ3v) is 9.83. The molecule has 35 heavy (non-hydrogen) atoms.